The van der Waals surface area contributed by atoms with Gasteiger partial charge in [-0.1, -0.05) is 0 Å². The third-order valence-electron chi connectivity index (χ3n) is 1.55. The van der Waals surface area contributed by atoms with Gasteiger partial charge in [-0.3, -0.25) is 18.7 Å². The maximum absolute atomic E-state index is 10.3. The van der Waals surface area contributed by atoms with E-state index in [-0.39, 0.29) is 29.6 Å². The number of carbonyl (C=O) groups is 4. The third-order valence-corrected chi connectivity index (χ3v) is 3.68. The molecule has 0 spiro atoms. The van der Waals surface area contributed by atoms with Crippen LogP contribution >= 0.6 is 0 Å². The van der Waals surface area contributed by atoms with Crippen molar-refractivity contribution in [1.29, 1.82) is 0 Å². The molecule has 0 heterocycles. The first-order valence-corrected chi connectivity index (χ1v) is 8.40. The third kappa shape index (κ3) is 18.8. The van der Waals surface area contributed by atoms with Crippen LogP contribution in [-0.2, 0) is 32.7 Å². The first kappa shape index (κ1) is 32.2. The van der Waals surface area contributed by atoms with Crippen molar-refractivity contribution in [2.45, 2.75) is 18.4 Å². The molecule has 0 aromatic heterocycles. The molecule has 19 heteroatoms. The minimum absolute atomic E-state index is 0. The Morgan fingerprint density at radius 2 is 0.962 bits per heavy atom. The number of carboxylic acids is 3. The van der Waals surface area contributed by atoms with Crippen LogP contribution in [0.25, 0.3) is 0 Å². The van der Waals surface area contributed by atoms with E-state index in [1.165, 1.54) is 0 Å². The van der Waals surface area contributed by atoms with Crippen molar-refractivity contribution >= 4 is 42.4 Å². The molecule has 0 aliphatic carbocycles. The average molecular weight is 438 g/mol. The van der Waals surface area contributed by atoms with E-state index in [2.05, 4.69) is 0 Å². The van der Waals surface area contributed by atoms with Gasteiger partial charge in [-0.15, -0.1) is 0 Å². The van der Waals surface area contributed by atoms with Crippen LogP contribution in [0.2, 0.25) is 0 Å². The Morgan fingerprint density at radius 3 is 1.04 bits per heavy atom. The van der Waals surface area contributed by atoms with Crippen molar-refractivity contribution < 1.29 is 105 Å². The summed E-state index contributed by atoms with van der Waals surface area (Å²) < 4.78 is 52.5. The standard InChI is InChI=1S/C6H8O7.CH2O3.Na.H2O6S2/c7-3(8)1-6(13,5(11)12)2-4(9)10;2-1(3)4;;1-7(2,3)8(4,5)6/h13H,1-2H2,(H,7,8)(H,9,10)(H,11,12);(H2,2,3,4);;(H,1,2,3)(H,4,5,6)/q;;+1;/p-1. The van der Waals surface area contributed by atoms with E-state index >= 15 is 0 Å². The summed E-state index contributed by atoms with van der Waals surface area (Å²) in [5.41, 5.74) is -2.74. The van der Waals surface area contributed by atoms with Crippen molar-refractivity contribution in [3.05, 3.63) is 0 Å². The number of hydrogen-bond donors (Lipinski definition) is 7. The summed E-state index contributed by atoms with van der Waals surface area (Å²) in [5.74, 6) is -5.02. The molecule has 0 rings (SSSR count). The van der Waals surface area contributed by atoms with E-state index in [1.54, 1.807) is 0 Å². The van der Waals surface area contributed by atoms with Crippen molar-refractivity contribution in [3.63, 3.8) is 0 Å². The van der Waals surface area contributed by atoms with E-state index in [1.807, 2.05) is 0 Å². The van der Waals surface area contributed by atoms with Crippen molar-refractivity contribution in [1.82, 2.24) is 0 Å². The number of aliphatic carboxylic acids is 3. The van der Waals surface area contributed by atoms with Gasteiger partial charge in [0.15, 0.2) is 5.60 Å². The second-order valence-electron chi connectivity index (χ2n) is 3.60. The Balaban J connectivity index is -0.000000159. The van der Waals surface area contributed by atoms with Gasteiger partial charge in [0.2, 0.25) is 6.16 Å². The summed E-state index contributed by atoms with van der Waals surface area (Å²) in [4.78, 5) is 38.9. The smallest absolute Gasteiger partial charge is 0.565 e. The zero-order valence-electron chi connectivity index (χ0n) is 12.5. The van der Waals surface area contributed by atoms with E-state index in [0.29, 0.717) is 0 Å². The van der Waals surface area contributed by atoms with Gasteiger partial charge in [0.1, 0.15) is 0 Å². The fourth-order valence-electron chi connectivity index (χ4n) is 0.714. The molecule has 0 fully saturated rings. The summed E-state index contributed by atoms with van der Waals surface area (Å²) in [6, 6.07) is 0. The predicted molar refractivity (Wildman–Crippen MR) is 68.2 cm³/mol. The van der Waals surface area contributed by atoms with E-state index in [9.17, 15) is 31.2 Å². The molecule has 0 bridgehead atoms. The van der Waals surface area contributed by atoms with Crippen LogP contribution in [-0.4, -0.2) is 81.1 Å². The first-order chi connectivity index (χ1) is 10.8. The topological polar surface area (TPSA) is 301 Å². The quantitative estimate of drug-likeness (QED) is 0.115. The van der Waals surface area contributed by atoms with Crippen molar-refractivity contribution in [2.24, 2.45) is 0 Å². The van der Waals surface area contributed by atoms with Crippen LogP contribution in [0, 0.1) is 0 Å². The van der Waals surface area contributed by atoms with Gasteiger partial charge < -0.3 is 35.4 Å². The molecule has 0 unspecified atom stereocenters. The molecule has 0 amide bonds. The molecule has 0 saturated heterocycles. The van der Waals surface area contributed by atoms with Crippen LogP contribution in [0.3, 0.4) is 0 Å². The van der Waals surface area contributed by atoms with E-state index < -0.39 is 60.8 Å². The summed E-state index contributed by atoms with van der Waals surface area (Å²) >= 11 is 0. The van der Waals surface area contributed by atoms with Gasteiger partial charge >= 0.3 is 65.8 Å². The Bertz CT molecular complexity index is 655. The number of carboxylic acid groups (broad SMARTS) is 5. The van der Waals surface area contributed by atoms with Gasteiger partial charge in [0, 0.05) is 0 Å². The molecule has 0 radical (unpaired) electrons. The van der Waals surface area contributed by atoms with Crippen LogP contribution in [0.1, 0.15) is 12.8 Å². The second kappa shape index (κ2) is 12.8. The molecule has 16 nitrogen and oxygen atoms in total. The molecular weight excluding hydrogens is 427 g/mol. The summed E-state index contributed by atoms with van der Waals surface area (Å²) in [7, 11) is -10.6. The molecule has 148 valence electrons. The molecule has 0 saturated carbocycles. The maximum Gasteiger partial charge on any atom is 1.00 e. The monoisotopic (exact) mass is 438 g/mol. The van der Waals surface area contributed by atoms with Crippen LogP contribution < -0.4 is 34.7 Å². The van der Waals surface area contributed by atoms with Gasteiger partial charge in [-0.2, -0.15) is 16.8 Å². The molecule has 0 aliphatic rings. The zero-order chi connectivity index (χ0) is 21.2. The van der Waals surface area contributed by atoms with Crippen molar-refractivity contribution in [3.8, 4) is 0 Å². The minimum atomic E-state index is -5.31. The Morgan fingerprint density at radius 1 is 0.769 bits per heavy atom. The fourth-order valence-corrected chi connectivity index (χ4v) is 0.714. The van der Waals surface area contributed by atoms with Gasteiger partial charge in [0.05, 0.1) is 12.8 Å². The molecule has 0 aliphatic heterocycles. The Hall–Kier alpha value is -1.54. The van der Waals surface area contributed by atoms with Gasteiger partial charge in [-0.25, -0.2) is 4.79 Å². The number of aliphatic hydroxyl groups is 1. The molecule has 7 N–H and O–H groups in total. The minimum Gasteiger partial charge on any atom is -0.565 e. The summed E-state index contributed by atoms with van der Waals surface area (Å²) in [6.07, 6.45) is -4.37. The van der Waals surface area contributed by atoms with Crippen molar-refractivity contribution in [2.75, 3.05) is 0 Å². The van der Waals surface area contributed by atoms with Crippen LogP contribution in [0.5, 0.6) is 0 Å². The van der Waals surface area contributed by atoms with Gasteiger partial charge in [0.25, 0.3) is 0 Å². The van der Waals surface area contributed by atoms with E-state index in [0.717, 1.165) is 0 Å². The molecule has 0 aromatic rings. The van der Waals surface area contributed by atoms with E-state index in [4.69, 9.17) is 44.5 Å². The molecule has 26 heavy (non-hydrogen) atoms. The average Bonchev–Trinajstić information content (AvgIpc) is 2.22. The zero-order valence-corrected chi connectivity index (χ0v) is 16.2. The normalized spacial score (nSPS) is 10.6. The van der Waals surface area contributed by atoms with Crippen LogP contribution in [0.4, 0.5) is 4.79 Å². The molecule has 0 aromatic carbocycles. The predicted octanol–water partition coefficient (Wildman–Crippen LogP) is -6.68. The number of rotatable bonds is 6. The maximum atomic E-state index is 10.3. The second-order valence-corrected chi connectivity index (χ2v) is 7.84. The Labute approximate surface area is 165 Å². The SMILES string of the molecule is O=C(O)CC(O)(CC(=O)O)C(=O)O.O=C([O-])O.O=S(=O)(O)S(=O)(=O)O.[Na+]. The fraction of sp³-hybridized carbons (Fsp3) is 0.429. The first-order valence-electron chi connectivity index (χ1n) is 5.00. The number of hydrogen-bond acceptors (Lipinski definition) is 10. The Kier molecular flexibility index (Phi) is 15.8. The summed E-state index contributed by atoms with van der Waals surface area (Å²) in [5, 5.41) is 49.1. The van der Waals surface area contributed by atoms with Crippen LogP contribution in [0.15, 0.2) is 0 Å². The largest absolute Gasteiger partial charge is 1.00 e. The molecular formula is C7H11NaO16S2. The molecule has 0 atom stereocenters. The summed E-state index contributed by atoms with van der Waals surface area (Å²) in [6.45, 7) is 0. The van der Waals surface area contributed by atoms with Gasteiger partial charge in [-0.05, 0) is 0 Å².